The minimum absolute atomic E-state index is 0.133. The first kappa shape index (κ1) is 31.2. The Morgan fingerprint density at radius 2 is 1.07 bits per heavy atom. The second kappa shape index (κ2) is 16.8. The van der Waals surface area contributed by atoms with Crippen molar-refractivity contribution in [2.45, 2.75) is 27.7 Å². The third-order valence-electron chi connectivity index (χ3n) is 4.71. The summed E-state index contributed by atoms with van der Waals surface area (Å²) in [6.07, 6.45) is 3.47. The standard InChI is InChI=1S/C28H32N4O8/c1-5-37-27(35)25(19(3)33)31-29-21-13-7-9-15-23(21)39-17-11-12-18-40-24-16-10-8-14-22(24)30-32-26(20(4)34)28(36)38-6-2/h7-16,33-34H,5-6,17-18H2,1-4H3/b12-11+,25-19-,26-20+,31-29?,32-30?. The van der Waals surface area contributed by atoms with Gasteiger partial charge in [0.1, 0.15) is 47.6 Å². The fourth-order valence-corrected chi connectivity index (χ4v) is 2.86. The maximum absolute atomic E-state index is 11.9. The zero-order valence-corrected chi connectivity index (χ0v) is 22.7. The van der Waals surface area contributed by atoms with Crippen molar-refractivity contribution in [3.05, 3.63) is 83.6 Å². The number of carbonyl (C=O) groups is 2. The third-order valence-corrected chi connectivity index (χ3v) is 4.71. The Morgan fingerprint density at radius 3 is 1.43 bits per heavy atom. The number of carbonyl (C=O) groups excluding carboxylic acids is 2. The molecule has 2 aromatic rings. The Hall–Kier alpha value is -5.00. The highest BCUT2D eigenvalue weighted by atomic mass is 16.5. The van der Waals surface area contributed by atoms with Gasteiger partial charge >= 0.3 is 11.9 Å². The van der Waals surface area contributed by atoms with E-state index in [9.17, 15) is 19.8 Å². The van der Waals surface area contributed by atoms with Crippen LogP contribution in [0.3, 0.4) is 0 Å². The molecule has 0 unspecified atom stereocenters. The lowest BCUT2D eigenvalue weighted by Crippen LogP contribution is -2.07. The third kappa shape index (κ3) is 10.0. The van der Waals surface area contributed by atoms with Crippen molar-refractivity contribution in [2.75, 3.05) is 26.4 Å². The molecule has 0 spiro atoms. The predicted octanol–water partition coefficient (Wildman–Crippen LogP) is 6.57. The van der Waals surface area contributed by atoms with Crippen molar-refractivity contribution in [3.8, 4) is 11.5 Å². The van der Waals surface area contributed by atoms with Gasteiger partial charge in [-0.3, -0.25) is 0 Å². The smallest absolute Gasteiger partial charge is 0.362 e. The maximum Gasteiger partial charge on any atom is 0.362 e. The van der Waals surface area contributed by atoms with Crippen molar-refractivity contribution in [1.82, 2.24) is 0 Å². The van der Waals surface area contributed by atoms with Crippen LogP contribution in [0.25, 0.3) is 0 Å². The van der Waals surface area contributed by atoms with Crippen LogP contribution in [0.4, 0.5) is 11.4 Å². The summed E-state index contributed by atoms with van der Waals surface area (Å²) in [6, 6.07) is 13.6. The van der Waals surface area contributed by atoms with Gasteiger partial charge in [0.05, 0.1) is 13.2 Å². The lowest BCUT2D eigenvalue weighted by Gasteiger charge is -2.07. The van der Waals surface area contributed by atoms with Gasteiger partial charge in [-0.1, -0.05) is 24.3 Å². The monoisotopic (exact) mass is 552 g/mol. The van der Waals surface area contributed by atoms with Gasteiger partial charge in [0.2, 0.25) is 11.4 Å². The Morgan fingerprint density at radius 1 is 0.700 bits per heavy atom. The molecule has 0 radical (unpaired) electrons. The number of rotatable bonds is 14. The number of aliphatic hydroxyl groups excluding tert-OH is 2. The average molecular weight is 553 g/mol. The largest absolute Gasteiger partial charge is 0.510 e. The van der Waals surface area contributed by atoms with Crippen LogP contribution in [0.5, 0.6) is 11.5 Å². The lowest BCUT2D eigenvalue weighted by molar-refractivity contribution is -0.139. The summed E-state index contributed by atoms with van der Waals surface area (Å²) in [6.45, 7) is 6.55. The van der Waals surface area contributed by atoms with Crippen molar-refractivity contribution < 1.29 is 38.7 Å². The Balaban J connectivity index is 2.00. The number of azo groups is 2. The first-order valence-electron chi connectivity index (χ1n) is 12.3. The van der Waals surface area contributed by atoms with Crippen LogP contribution in [0.15, 0.2) is 104 Å². The topological polar surface area (TPSA) is 161 Å². The molecule has 12 heteroatoms. The number of hydrogen-bond donors (Lipinski definition) is 2. The molecule has 0 saturated heterocycles. The molecular formula is C28H32N4O8. The number of hydrogen-bond acceptors (Lipinski definition) is 12. The second-order valence-electron chi connectivity index (χ2n) is 7.74. The number of allylic oxidation sites excluding steroid dienone is 2. The van der Waals surface area contributed by atoms with Crippen molar-refractivity contribution in [2.24, 2.45) is 20.5 Å². The van der Waals surface area contributed by atoms with Gasteiger partial charge in [-0.2, -0.15) is 0 Å². The number of aliphatic hydroxyl groups is 2. The van der Waals surface area contributed by atoms with E-state index in [1.165, 1.54) is 13.8 Å². The molecule has 2 aromatic carbocycles. The molecule has 0 aliphatic rings. The molecule has 0 amide bonds. The summed E-state index contributed by atoms with van der Waals surface area (Å²) in [5, 5.41) is 35.2. The molecule has 12 nitrogen and oxygen atoms in total. The van der Waals surface area contributed by atoms with Gasteiger partial charge in [0.25, 0.3) is 0 Å². The maximum atomic E-state index is 11.9. The molecule has 0 saturated carbocycles. The number of esters is 2. The van der Waals surface area contributed by atoms with Gasteiger partial charge in [0.15, 0.2) is 0 Å². The molecule has 212 valence electrons. The van der Waals surface area contributed by atoms with Gasteiger partial charge in [-0.05, 0) is 64.1 Å². The van der Waals surface area contributed by atoms with E-state index >= 15 is 0 Å². The van der Waals surface area contributed by atoms with Crippen molar-refractivity contribution in [3.63, 3.8) is 0 Å². The summed E-state index contributed by atoms with van der Waals surface area (Å²) >= 11 is 0. The molecule has 0 aliphatic heterocycles. The Bertz CT molecular complexity index is 1210. The van der Waals surface area contributed by atoms with Crippen LogP contribution in [0.1, 0.15) is 27.7 Å². The summed E-state index contributed by atoms with van der Waals surface area (Å²) in [5.74, 6) is -1.38. The van der Waals surface area contributed by atoms with E-state index < -0.39 is 11.9 Å². The van der Waals surface area contributed by atoms with Crippen molar-refractivity contribution >= 4 is 23.3 Å². The summed E-state index contributed by atoms with van der Waals surface area (Å²) in [4.78, 5) is 23.9. The molecule has 0 atom stereocenters. The van der Waals surface area contributed by atoms with Gasteiger partial charge in [-0.15, -0.1) is 20.5 Å². The van der Waals surface area contributed by atoms with E-state index in [1.54, 1.807) is 74.5 Å². The van der Waals surface area contributed by atoms with E-state index in [4.69, 9.17) is 18.9 Å². The molecule has 2 N–H and O–H groups in total. The molecule has 0 aromatic heterocycles. The highest BCUT2D eigenvalue weighted by Gasteiger charge is 2.15. The van der Waals surface area contributed by atoms with Crippen LogP contribution in [-0.4, -0.2) is 48.6 Å². The summed E-state index contributed by atoms with van der Waals surface area (Å²) in [7, 11) is 0. The van der Waals surface area contributed by atoms with Crippen LogP contribution >= 0.6 is 0 Å². The fraction of sp³-hybridized carbons (Fsp3) is 0.286. The normalized spacial score (nSPS) is 12.8. The van der Waals surface area contributed by atoms with E-state index in [0.717, 1.165) is 0 Å². The summed E-state index contributed by atoms with van der Waals surface area (Å²) in [5.41, 5.74) is 0.106. The molecule has 0 heterocycles. The number of ether oxygens (including phenoxy) is 4. The zero-order valence-electron chi connectivity index (χ0n) is 22.7. The quantitative estimate of drug-likeness (QED) is 0.0874. The highest BCUT2D eigenvalue weighted by Crippen LogP contribution is 2.29. The molecule has 0 aliphatic carbocycles. The van der Waals surface area contributed by atoms with E-state index in [0.29, 0.717) is 22.9 Å². The van der Waals surface area contributed by atoms with Crippen LogP contribution in [0, 0.1) is 0 Å². The number of nitrogens with zero attached hydrogens (tertiary/aromatic N) is 4. The minimum Gasteiger partial charge on any atom is -0.510 e. The van der Waals surface area contributed by atoms with Gasteiger partial charge in [0, 0.05) is 0 Å². The Kier molecular flexibility index (Phi) is 13.1. The number of para-hydroxylation sites is 2. The zero-order chi connectivity index (χ0) is 29.3. The van der Waals surface area contributed by atoms with E-state index in [1.807, 2.05) is 0 Å². The van der Waals surface area contributed by atoms with Crippen molar-refractivity contribution in [1.29, 1.82) is 0 Å². The molecular weight excluding hydrogens is 520 g/mol. The molecule has 0 fully saturated rings. The second-order valence-corrected chi connectivity index (χ2v) is 7.74. The fourth-order valence-electron chi connectivity index (χ4n) is 2.86. The highest BCUT2D eigenvalue weighted by molar-refractivity contribution is 5.88. The summed E-state index contributed by atoms with van der Waals surface area (Å²) < 4.78 is 21.2. The van der Waals surface area contributed by atoms with E-state index in [-0.39, 0.29) is 49.3 Å². The minimum atomic E-state index is -0.782. The van der Waals surface area contributed by atoms with Gasteiger partial charge < -0.3 is 29.2 Å². The lowest BCUT2D eigenvalue weighted by atomic mass is 10.3. The number of benzene rings is 2. The molecule has 0 bridgehead atoms. The average Bonchev–Trinajstić information content (AvgIpc) is 2.92. The van der Waals surface area contributed by atoms with Crippen LogP contribution in [0.2, 0.25) is 0 Å². The Labute approximate surface area is 232 Å². The van der Waals surface area contributed by atoms with Crippen LogP contribution < -0.4 is 9.47 Å². The first-order valence-corrected chi connectivity index (χ1v) is 12.3. The molecule has 2 rings (SSSR count). The molecule has 40 heavy (non-hydrogen) atoms. The predicted molar refractivity (Wildman–Crippen MR) is 146 cm³/mol. The first-order chi connectivity index (χ1) is 19.3. The SMILES string of the molecule is CCOC(=O)/C(N=Nc1ccccc1OC/C=C/COc1ccccc1N=N/C(C(=O)OCC)=C(\C)O)=C(\C)O. The van der Waals surface area contributed by atoms with Crippen LogP contribution in [-0.2, 0) is 19.1 Å². The van der Waals surface area contributed by atoms with Gasteiger partial charge in [-0.25, -0.2) is 9.59 Å². The van der Waals surface area contributed by atoms with E-state index in [2.05, 4.69) is 20.5 Å².